The van der Waals surface area contributed by atoms with Crippen molar-refractivity contribution in [2.45, 2.75) is 24.7 Å². The van der Waals surface area contributed by atoms with E-state index in [2.05, 4.69) is 4.72 Å². The molecule has 0 amide bonds. The van der Waals surface area contributed by atoms with Gasteiger partial charge in [-0.25, -0.2) is 13.1 Å². The lowest BCUT2D eigenvalue weighted by atomic mass is 10.2. The molecule has 4 heteroatoms. The second-order valence-electron chi connectivity index (χ2n) is 3.52. The van der Waals surface area contributed by atoms with E-state index in [1.807, 2.05) is 6.92 Å². The van der Waals surface area contributed by atoms with Crippen molar-refractivity contribution in [3.8, 4) is 0 Å². The van der Waals surface area contributed by atoms with Crippen molar-refractivity contribution in [2.75, 3.05) is 0 Å². The van der Waals surface area contributed by atoms with Gasteiger partial charge in [-0.15, -0.1) is 0 Å². The van der Waals surface area contributed by atoms with Crippen LogP contribution in [0.25, 0.3) is 0 Å². The molecule has 75 valence electrons. The summed E-state index contributed by atoms with van der Waals surface area (Å²) in [4.78, 5) is 0.336. The summed E-state index contributed by atoms with van der Waals surface area (Å²) >= 11 is 0. The van der Waals surface area contributed by atoms with E-state index in [9.17, 15) is 8.42 Å². The average Bonchev–Trinajstić information content (AvgIpc) is 2.88. The van der Waals surface area contributed by atoms with Gasteiger partial charge in [0.1, 0.15) is 0 Å². The first kappa shape index (κ1) is 9.68. The first-order chi connectivity index (χ1) is 6.58. The van der Waals surface area contributed by atoms with Crippen molar-refractivity contribution >= 4 is 10.0 Å². The summed E-state index contributed by atoms with van der Waals surface area (Å²) in [5, 5.41) is 0. The second kappa shape index (κ2) is 3.37. The molecule has 3 nitrogen and oxygen atoms in total. The highest BCUT2D eigenvalue weighted by molar-refractivity contribution is 7.89. The Morgan fingerprint density at radius 3 is 2.21 bits per heavy atom. The zero-order valence-electron chi connectivity index (χ0n) is 7.95. The maximum Gasteiger partial charge on any atom is 0.241 e. The number of hydrogen-bond acceptors (Lipinski definition) is 2. The van der Waals surface area contributed by atoms with E-state index in [0.29, 0.717) is 4.90 Å². The van der Waals surface area contributed by atoms with Gasteiger partial charge in [0.05, 0.1) is 10.9 Å². The van der Waals surface area contributed by atoms with Crippen LogP contribution in [0.1, 0.15) is 18.4 Å². The fourth-order valence-electron chi connectivity index (χ4n) is 1.13. The maximum atomic E-state index is 11.7. The van der Waals surface area contributed by atoms with Crippen molar-refractivity contribution in [1.82, 2.24) is 4.72 Å². The molecule has 0 saturated heterocycles. The molecule has 1 aliphatic rings. The summed E-state index contributed by atoms with van der Waals surface area (Å²) in [6.45, 7) is 1.93. The van der Waals surface area contributed by atoms with Gasteiger partial charge in [-0.1, -0.05) is 17.7 Å². The quantitative estimate of drug-likeness (QED) is 0.823. The lowest BCUT2D eigenvalue weighted by Gasteiger charge is -2.04. The molecule has 1 radical (unpaired) electrons. The van der Waals surface area contributed by atoms with Crippen LogP contribution in [0.2, 0.25) is 0 Å². The summed E-state index contributed by atoms with van der Waals surface area (Å²) < 4.78 is 25.9. The molecule has 2 rings (SSSR count). The molecule has 0 atom stereocenters. The Kier molecular flexibility index (Phi) is 2.33. The number of benzene rings is 1. The topological polar surface area (TPSA) is 46.2 Å². The molecule has 1 saturated carbocycles. The van der Waals surface area contributed by atoms with E-state index in [1.165, 1.54) is 0 Å². The summed E-state index contributed by atoms with van der Waals surface area (Å²) in [6, 6.07) is 7.75. The van der Waals surface area contributed by atoms with Crippen LogP contribution in [-0.4, -0.2) is 8.42 Å². The molecule has 1 fully saturated rings. The van der Waals surface area contributed by atoms with Gasteiger partial charge in [0.25, 0.3) is 0 Å². The van der Waals surface area contributed by atoms with Crippen LogP contribution in [0, 0.1) is 13.0 Å². The van der Waals surface area contributed by atoms with Gasteiger partial charge in [-0.05, 0) is 31.9 Å². The van der Waals surface area contributed by atoms with E-state index in [-0.39, 0.29) is 0 Å². The molecule has 0 heterocycles. The van der Waals surface area contributed by atoms with Crippen LogP contribution in [0.15, 0.2) is 29.2 Å². The van der Waals surface area contributed by atoms with Gasteiger partial charge in [0.15, 0.2) is 0 Å². The molecule has 1 aromatic rings. The summed E-state index contributed by atoms with van der Waals surface area (Å²) in [7, 11) is -3.30. The molecule has 0 unspecified atom stereocenters. The molecule has 1 aliphatic carbocycles. The zero-order valence-corrected chi connectivity index (χ0v) is 8.76. The van der Waals surface area contributed by atoms with Crippen molar-refractivity contribution in [2.24, 2.45) is 0 Å². The third-order valence-corrected chi connectivity index (χ3v) is 3.56. The predicted octanol–water partition coefficient (Wildman–Crippen LogP) is 1.60. The minimum absolute atomic E-state index is 0.336. The minimum atomic E-state index is -3.30. The fraction of sp³-hybridized carbons (Fsp3) is 0.300. The van der Waals surface area contributed by atoms with Crippen LogP contribution in [0.5, 0.6) is 0 Å². The van der Waals surface area contributed by atoms with Crippen LogP contribution in [-0.2, 0) is 10.0 Å². The van der Waals surface area contributed by atoms with E-state index >= 15 is 0 Å². The SMILES string of the molecule is Cc1ccc(S(=O)(=O)N[C]2CC2)cc1. The Hall–Kier alpha value is -0.870. The van der Waals surface area contributed by atoms with Crippen LogP contribution in [0.3, 0.4) is 0 Å². The smallest absolute Gasteiger partial charge is 0.207 e. The Balaban J connectivity index is 2.24. The molecular formula is C10H12NO2S. The Morgan fingerprint density at radius 2 is 1.71 bits per heavy atom. The minimum Gasteiger partial charge on any atom is -0.207 e. The van der Waals surface area contributed by atoms with E-state index < -0.39 is 10.0 Å². The number of sulfonamides is 1. The Labute approximate surface area is 84.2 Å². The van der Waals surface area contributed by atoms with Crippen molar-refractivity contribution in [3.63, 3.8) is 0 Å². The van der Waals surface area contributed by atoms with Gasteiger partial charge in [0, 0.05) is 0 Å². The van der Waals surface area contributed by atoms with Gasteiger partial charge in [-0.2, -0.15) is 0 Å². The van der Waals surface area contributed by atoms with Crippen LogP contribution < -0.4 is 4.72 Å². The molecule has 0 aromatic heterocycles. The van der Waals surface area contributed by atoms with Crippen molar-refractivity contribution in [3.05, 3.63) is 35.9 Å². The average molecular weight is 210 g/mol. The maximum absolute atomic E-state index is 11.7. The lowest BCUT2D eigenvalue weighted by molar-refractivity contribution is 0.587. The van der Waals surface area contributed by atoms with Gasteiger partial charge < -0.3 is 0 Å². The summed E-state index contributed by atoms with van der Waals surface area (Å²) in [5.74, 6) is 0. The standard InChI is InChI=1S/C10H12NO2S/c1-8-2-6-10(7-3-8)14(12,13)11-9-4-5-9/h2-3,6-7,11H,4-5H2,1H3. The number of aryl methyl sites for hydroxylation is 1. The Bertz CT molecular complexity index is 418. The van der Waals surface area contributed by atoms with Gasteiger partial charge in [-0.3, -0.25) is 0 Å². The summed E-state index contributed by atoms with van der Waals surface area (Å²) in [5.41, 5.74) is 1.06. The number of rotatable bonds is 3. The molecule has 1 N–H and O–H groups in total. The monoisotopic (exact) mass is 210 g/mol. The molecule has 14 heavy (non-hydrogen) atoms. The molecular weight excluding hydrogens is 198 g/mol. The predicted molar refractivity (Wildman–Crippen MR) is 54.0 cm³/mol. The lowest BCUT2D eigenvalue weighted by Crippen LogP contribution is -2.21. The van der Waals surface area contributed by atoms with Crippen LogP contribution in [0.4, 0.5) is 0 Å². The molecule has 0 bridgehead atoms. The first-order valence-electron chi connectivity index (χ1n) is 4.52. The molecule has 0 spiro atoms. The highest BCUT2D eigenvalue weighted by Gasteiger charge is 2.28. The second-order valence-corrected chi connectivity index (χ2v) is 5.20. The normalized spacial score (nSPS) is 16.9. The van der Waals surface area contributed by atoms with E-state index in [0.717, 1.165) is 24.4 Å². The Morgan fingerprint density at radius 1 is 1.14 bits per heavy atom. The first-order valence-corrected chi connectivity index (χ1v) is 6.00. The van der Waals surface area contributed by atoms with E-state index in [4.69, 9.17) is 0 Å². The molecule has 0 aliphatic heterocycles. The van der Waals surface area contributed by atoms with Gasteiger partial charge in [0.2, 0.25) is 10.0 Å². The third kappa shape index (κ3) is 2.13. The van der Waals surface area contributed by atoms with Gasteiger partial charge >= 0.3 is 0 Å². The fourth-order valence-corrected chi connectivity index (χ4v) is 2.33. The van der Waals surface area contributed by atoms with Crippen molar-refractivity contribution < 1.29 is 8.42 Å². The highest BCUT2D eigenvalue weighted by Crippen LogP contribution is 2.30. The van der Waals surface area contributed by atoms with Crippen molar-refractivity contribution in [1.29, 1.82) is 0 Å². The third-order valence-electron chi connectivity index (χ3n) is 2.11. The molecule has 1 aromatic carbocycles. The summed E-state index contributed by atoms with van der Waals surface area (Å²) in [6.07, 6.45) is 1.76. The highest BCUT2D eigenvalue weighted by atomic mass is 32.2. The zero-order chi connectivity index (χ0) is 10.2. The van der Waals surface area contributed by atoms with Crippen LogP contribution >= 0.6 is 0 Å². The number of hydrogen-bond donors (Lipinski definition) is 1. The van der Waals surface area contributed by atoms with E-state index in [1.54, 1.807) is 24.3 Å². The number of nitrogens with one attached hydrogen (secondary N) is 1. The largest absolute Gasteiger partial charge is 0.241 e.